The average Bonchev–Trinajstić information content (AvgIpc) is 3.25. The quantitative estimate of drug-likeness (QED) is 0.335. The summed E-state index contributed by atoms with van der Waals surface area (Å²) < 4.78 is 22.7. The van der Waals surface area contributed by atoms with Gasteiger partial charge in [-0.25, -0.2) is 19.3 Å². The Morgan fingerprint density at radius 2 is 1.95 bits per heavy atom. The molecule has 9 nitrogen and oxygen atoms in total. The Morgan fingerprint density at radius 3 is 2.62 bits per heavy atom. The number of halogens is 2. The highest BCUT2D eigenvalue weighted by Gasteiger charge is 2.31. The zero-order valence-corrected chi connectivity index (χ0v) is 22.5. The van der Waals surface area contributed by atoms with E-state index in [0.29, 0.717) is 52.2 Å². The molecule has 1 saturated carbocycles. The van der Waals surface area contributed by atoms with E-state index in [0.717, 1.165) is 30.6 Å². The van der Waals surface area contributed by atoms with Crippen molar-refractivity contribution < 1.29 is 13.9 Å². The number of anilines is 3. The van der Waals surface area contributed by atoms with Gasteiger partial charge in [0, 0.05) is 29.5 Å². The zero-order valence-electron chi connectivity index (χ0n) is 21.7. The van der Waals surface area contributed by atoms with E-state index in [1.54, 1.807) is 4.90 Å². The normalized spacial score (nSPS) is 16.5. The highest BCUT2D eigenvalue weighted by atomic mass is 35.5. The molecule has 0 atom stereocenters. The summed E-state index contributed by atoms with van der Waals surface area (Å²) in [5.41, 5.74) is 9.13. The lowest BCUT2D eigenvalue weighted by Gasteiger charge is -2.32. The van der Waals surface area contributed by atoms with Crippen molar-refractivity contribution in [2.24, 2.45) is 5.73 Å². The number of nitrogens with two attached hydrogens (primary N) is 1. The summed E-state index contributed by atoms with van der Waals surface area (Å²) >= 11 is 6.51. The van der Waals surface area contributed by atoms with E-state index in [1.165, 1.54) is 12.3 Å². The molecule has 0 spiro atoms. The predicted molar refractivity (Wildman–Crippen MR) is 149 cm³/mol. The summed E-state index contributed by atoms with van der Waals surface area (Å²) in [5, 5.41) is 3.47. The number of morpholine rings is 1. The maximum Gasteiger partial charge on any atom is 0.253 e. The number of fused-ring (bicyclic) bond motifs is 1. The van der Waals surface area contributed by atoms with Gasteiger partial charge in [0.25, 0.3) is 5.91 Å². The van der Waals surface area contributed by atoms with Gasteiger partial charge in [-0.2, -0.15) is 0 Å². The van der Waals surface area contributed by atoms with Crippen molar-refractivity contribution in [2.45, 2.75) is 44.7 Å². The summed E-state index contributed by atoms with van der Waals surface area (Å²) in [7, 11) is 0. The minimum absolute atomic E-state index is 0.0716. The molecule has 1 aliphatic heterocycles. The van der Waals surface area contributed by atoms with Gasteiger partial charge >= 0.3 is 0 Å². The van der Waals surface area contributed by atoms with Gasteiger partial charge < -0.3 is 25.3 Å². The number of hydrogen-bond acceptors (Lipinski definition) is 7. The molecule has 1 saturated heterocycles. The molecule has 3 heterocycles. The topological polar surface area (TPSA) is 111 Å². The van der Waals surface area contributed by atoms with Gasteiger partial charge in [0.1, 0.15) is 17.9 Å². The Morgan fingerprint density at radius 1 is 1.18 bits per heavy atom. The van der Waals surface area contributed by atoms with Crippen LogP contribution in [0.4, 0.5) is 21.7 Å². The highest BCUT2D eigenvalue weighted by molar-refractivity contribution is 6.33. The van der Waals surface area contributed by atoms with Crippen molar-refractivity contribution in [3.05, 3.63) is 59.3 Å². The number of nitrogens with zero attached hydrogens (tertiary/aromatic N) is 5. The molecule has 1 amide bonds. The molecule has 0 unspecified atom stereocenters. The largest absolute Gasteiger partial charge is 0.370 e. The van der Waals surface area contributed by atoms with Crippen LogP contribution < -0.4 is 16.0 Å². The molecular formula is C28H29ClFN7O2. The van der Waals surface area contributed by atoms with Crippen molar-refractivity contribution in [1.82, 2.24) is 19.5 Å². The summed E-state index contributed by atoms with van der Waals surface area (Å²) in [4.78, 5) is 27.4. The van der Waals surface area contributed by atoms with E-state index in [1.807, 2.05) is 44.2 Å². The molecule has 0 radical (unpaired) electrons. The van der Waals surface area contributed by atoms with Crippen LogP contribution in [0.5, 0.6) is 0 Å². The number of carbonyl (C=O) groups is 1. The Kier molecular flexibility index (Phi) is 6.49. The van der Waals surface area contributed by atoms with Crippen LogP contribution in [0.2, 0.25) is 5.02 Å². The van der Waals surface area contributed by atoms with E-state index in [-0.39, 0.29) is 18.6 Å². The lowest BCUT2D eigenvalue weighted by atomic mass is 9.91. The maximum atomic E-state index is 15.4. The van der Waals surface area contributed by atoms with Gasteiger partial charge in [-0.1, -0.05) is 11.6 Å². The molecule has 2 fully saturated rings. The van der Waals surface area contributed by atoms with Gasteiger partial charge in [-0.3, -0.25) is 4.79 Å². The van der Waals surface area contributed by atoms with Crippen LogP contribution in [0.1, 0.15) is 45.0 Å². The fraction of sp³-hybridized carbons (Fsp3) is 0.357. The Bertz CT molecular complexity index is 1560. The number of aromatic nitrogens is 4. The van der Waals surface area contributed by atoms with Crippen molar-refractivity contribution in [2.75, 3.05) is 30.0 Å². The van der Waals surface area contributed by atoms with E-state index in [9.17, 15) is 4.79 Å². The lowest BCUT2D eigenvalue weighted by molar-refractivity contribution is -0.125. The van der Waals surface area contributed by atoms with Crippen LogP contribution in [0.25, 0.3) is 22.3 Å². The molecule has 2 aliphatic rings. The van der Waals surface area contributed by atoms with Gasteiger partial charge in [-0.05, 0) is 69.5 Å². The first-order chi connectivity index (χ1) is 18.7. The van der Waals surface area contributed by atoms with Crippen LogP contribution in [-0.2, 0) is 15.1 Å². The van der Waals surface area contributed by atoms with Crippen LogP contribution >= 0.6 is 11.6 Å². The number of hydrogen-bond donors (Lipinski definition) is 2. The number of nitrogens with one attached hydrogen (secondary N) is 1. The third kappa shape index (κ3) is 4.84. The van der Waals surface area contributed by atoms with E-state index < -0.39 is 11.4 Å². The second kappa shape index (κ2) is 9.86. The number of imidazole rings is 1. The molecule has 202 valence electrons. The van der Waals surface area contributed by atoms with Crippen molar-refractivity contribution in [3.63, 3.8) is 0 Å². The smallest absolute Gasteiger partial charge is 0.253 e. The standard InChI is InChI=1S/C28H29ClFN7O2/c1-28(2,31)26-34-25-21(30)12-16(13-22(25)37(26)19-4-3-5-19)24-20(29)14-32-27(35-24)33-17-6-8-18(9-7-17)36-10-11-39-15-23(36)38/h6-9,12-14,19H,3-5,10-11,15,31H2,1-2H3,(H,32,33,35). The van der Waals surface area contributed by atoms with Crippen LogP contribution in [0.15, 0.2) is 42.6 Å². The fourth-order valence-corrected chi connectivity index (χ4v) is 5.23. The molecule has 2 aromatic carbocycles. The Hall–Kier alpha value is -3.60. The first-order valence-electron chi connectivity index (χ1n) is 13.0. The molecular weight excluding hydrogens is 521 g/mol. The first-order valence-corrected chi connectivity index (χ1v) is 13.4. The number of benzene rings is 2. The molecule has 4 aromatic rings. The van der Waals surface area contributed by atoms with Gasteiger partial charge in [-0.15, -0.1) is 0 Å². The summed E-state index contributed by atoms with van der Waals surface area (Å²) in [6.07, 6.45) is 4.61. The highest BCUT2D eigenvalue weighted by Crippen LogP contribution is 2.40. The number of carbonyl (C=O) groups excluding carboxylic acids is 1. The van der Waals surface area contributed by atoms with Crippen molar-refractivity contribution >= 4 is 45.9 Å². The molecule has 3 N–H and O–H groups in total. The van der Waals surface area contributed by atoms with E-state index in [2.05, 4.69) is 24.8 Å². The number of ether oxygens (including phenoxy) is 1. The first kappa shape index (κ1) is 25.7. The monoisotopic (exact) mass is 549 g/mol. The van der Waals surface area contributed by atoms with Crippen LogP contribution in [-0.4, -0.2) is 45.2 Å². The number of rotatable bonds is 6. The SMILES string of the molecule is CC(C)(N)c1nc2c(F)cc(-c3nc(Nc4ccc(N5CCOCC5=O)cc4)ncc3Cl)cc2n1C1CCC1. The van der Waals surface area contributed by atoms with Crippen molar-refractivity contribution in [3.8, 4) is 11.3 Å². The fourth-order valence-electron chi connectivity index (χ4n) is 5.03. The third-order valence-electron chi connectivity index (χ3n) is 7.20. The molecule has 11 heteroatoms. The third-order valence-corrected chi connectivity index (χ3v) is 7.48. The Balaban J connectivity index is 1.33. The maximum absolute atomic E-state index is 15.4. The molecule has 1 aliphatic carbocycles. The summed E-state index contributed by atoms with van der Waals surface area (Å²) in [6.45, 7) is 4.87. The minimum atomic E-state index is -0.727. The second-order valence-corrected chi connectivity index (χ2v) is 11.0. The van der Waals surface area contributed by atoms with E-state index >= 15 is 4.39 Å². The lowest BCUT2D eigenvalue weighted by Crippen LogP contribution is -2.41. The van der Waals surface area contributed by atoms with Gasteiger partial charge in [0.05, 0.1) is 34.6 Å². The van der Waals surface area contributed by atoms with Crippen molar-refractivity contribution in [1.29, 1.82) is 0 Å². The molecule has 0 bridgehead atoms. The summed E-state index contributed by atoms with van der Waals surface area (Å²) in [6, 6.07) is 10.9. The van der Waals surface area contributed by atoms with Gasteiger partial charge in [0.2, 0.25) is 5.95 Å². The molecule has 2 aromatic heterocycles. The Labute approximate surface area is 230 Å². The minimum Gasteiger partial charge on any atom is -0.370 e. The van der Waals surface area contributed by atoms with Gasteiger partial charge in [0.15, 0.2) is 5.82 Å². The van der Waals surface area contributed by atoms with Crippen LogP contribution in [0.3, 0.4) is 0 Å². The number of amides is 1. The van der Waals surface area contributed by atoms with E-state index in [4.69, 9.17) is 22.1 Å². The summed E-state index contributed by atoms with van der Waals surface area (Å²) in [5.74, 6) is 0.444. The predicted octanol–water partition coefficient (Wildman–Crippen LogP) is 5.31. The molecule has 39 heavy (non-hydrogen) atoms. The average molecular weight is 550 g/mol. The van der Waals surface area contributed by atoms with Crippen LogP contribution in [0, 0.1) is 5.82 Å². The molecule has 6 rings (SSSR count). The second-order valence-electron chi connectivity index (χ2n) is 10.6. The zero-order chi connectivity index (χ0) is 27.3.